The molecule has 0 aliphatic carbocycles. The van der Waals surface area contributed by atoms with Gasteiger partial charge >= 0.3 is 0 Å². The Morgan fingerprint density at radius 3 is 2.71 bits per heavy atom. The smallest absolute Gasteiger partial charge is 0.278 e. The summed E-state index contributed by atoms with van der Waals surface area (Å²) < 4.78 is 21.9. The lowest BCUT2D eigenvalue weighted by molar-refractivity contribution is -0.455. The lowest BCUT2D eigenvalue weighted by Gasteiger charge is -2.38. The molecule has 2 unspecified atom stereocenters. The molecule has 7 heteroatoms. The van der Waals surface area contributed by atoms with Crippen LogP contribution in [0.15, 0.2) is 42.1 Å². The number of hydrogen-bond donors (Lipinski definition) is 0. The minimum absolute atomic E-state index is 0.0534. The number of fused-ring (bicyclic) bond motifs is 1. The highest BCUT2D eigenvalue weighted by Gasteiger charge is 2.45. The fourth-order valence-corrected chi connectivity index (χ4v) is 2.42. The molecule has 2 aliphatic heterocycles. The summed E-state index contributed by atoms with van der Waals surface area (Å²) in [5.74, 6) is 0. The fraction of sp³-hybridized carbons (Fsp3) is 0.429. The first-order valence-corrected chi connectivity index (χ1v) is 6.55. The van der Waals surface area contributed by atoms with E-state index in [-0.39, 0.29) is 12.3 Å². The van der Waals surface area contributed by atoms with Crippen LogP contribution in [0.5, 0.6) is 0 Å². The SMILES string of the molecule is COC1C=C([N+](=O)[O-])[C@@H]2OC(c3ccccc3)OC[C@H]2O1. The number of ether oxygens (including phenoxy) is 4. The third-order valence-electron chi connectivity index (χ3n) is 3.44. The summed E-state index contributed by atoms with van der Waals surface area (Å²) in [6.45, 7) is 0.204. The molecule has 0 N–H and O–H groups in total. The van der Waals surface area contributed by atoms with E-state index in [0.29, 0.717) is 0 Å². The maximum Gasteiger partial charge on any atom is 0.278 e. The summed E-state index contributed by atoms with van der Waals surface area (Å²) in [7, 11) is 1.43. The molecule has 7 nitrogen and oxygen atoms in total. The van der Waals surface area contributed by atoms with Gasteiger partial charge in [0.05, 0.1) is 11.5 Å². The fourth-order valence-electron chi connectivity index (χ4n) is 2.42. The van der Waals surface area contributed by atoms with Crippen LogP contribution in [-0.2, 0) is 18.9 Å². The first kappa shape index (κ1) is 14.2. The number of nitrogens with zero attached hydrogens (tertiary/aromatic N) is 1. The molecule has 0 amide bonds. The van der Waals surface area contributed by atoms with E-state index in [1.165, 1.54) is 13.2 Å². The van der Waals surface area contributed by atoms with Crippen molar-refractivity contribution in [2.75, 3.05) is 13.7 Å². The van der Waals surface area contributed by atoms with E-state index in [0.717, 1.165) is 5.56 Å². The molecule has 1 aromatic rings. The van der Waals surface area contributed by atoms with E-state index >= 15 is 0 Å². The molecule has 0 bridgehead atoms. The first-order valence-electron chi connectivity index (χ1n) is 6.55. The molecule has 0 spiro atoms. The molecule has 4 atom stereocenters. The van der Waals surface area contributed by atoms with Crippen LogP contribution in [0, 0.1) is 10.1 Å². The Morgan fingerprint density at radius 2 is 2.05 bits per heavy atom. The highest BCUT2D eigenvalue weighted by atomic mass is 16.7. The minimum atomic E-state index is -0.773. The zero-order valence-electron chi connectivity index (χ0n) is 11.4. The molecule has 1 aromatic carbocycles. The van der Waals surface area contributed by atoms with E-state index in [4.69, 9.17) is 18.9 Å². The molecule has 112 valence electrons. The van der Waals surface area contributed by atoms with Crippen molar-refractivity contribution in [3.8, 4) is 0 Å². The molecule has 2 heterocycles. The summed E-state index contributed by atoms with van der Waals surface area (Å²) in [5.41, 5.74) is 0.759. The Bertz CT molecular complexity index is 546. The Kier molecular flexibility index (Phi) is 3.98. The third kappa shape index (κ3) is 2.81. The molecular formula is C14H15NO6. The second-order valence-electron chi connectivity index (χ2n) is 4.76. The van der Waals surface area contributed by atoms with Crippen molar-refractivity contribution in [1.29, 1.82) is 0 Å². The van der Waals surface area contributed by atoms with E-state index < -0.39 is 29.7 Å². The van der Waals surface area contributed by atoms with E-state index in [1.807, 2.05) is 30.3 Å². The molecular weight excluding hydrogens is 278 g/mol. The van der Waals surface area contributed by atoms with Gasteiger partial charge in [-0.05, 0) is 0 Å². The number of nitro groups is 1. The number of methoxy groups -OCH3 is 1. The zero-order chi connectivity index (χ0) is 14.8. The molecule has 2 aliphatic rings. The maximum absolute atomic E-state index is 11.2. The summed E-state index contributed by atoms with van der Waals surface area (Å²) in [6.07, 6.45) is -1.40. The second-order valence-corrected chi connectivity index (χ2v) is 4.76. The quantitative estimate of drug-likeness (QED) is 0.622. The second kappa shape index (κ2) is 5.90. The lowest BCUT2D eigenvalue weighted by Crippen LogP contribution is -2.49. The zero-order valence-corrected chi connectivity index (χ0v) is 11.4. The minimum Gasteiger partial charge on any atom is -0.352 e. The average molecular weight is 293 g/mol. The van der Waals surface area contributed by atoms with Crippen LogP contribution in [0.3, 0.4) is 0 Å². The Hall–Kier alpha value is -1.80. The van der Waals surface area contributed by atoms with Gasteiger partial charge in [-0.3, -0.25) is 10.1 Å². The van der Waals surface area contributed by atoms with E-state index in [1.54, 1.807) is 0 Å². The van der Waals surface area contributed by atoms with Crippen molar-refractivity contribution < 1.29 is 23.9 Å². The van der Waals surface area contributed by atoms with Crippen molar-refractivity contribution in [2.45, 2.75) is 24.8 Å². The normalized spacial score (nSPS) is 32.1. The van der Waals surface area contributed by atoms with E-state index in [2.05, 4.69) is 0 Å². The topological polar surface area (TPSA) is 80.1 Å². The van der Waals surface area contributed by atoms with Gasteiger partial charge in [0, 0.05) is 18.7 Å². The maximum atomic E-state index is 11.2. The van der Waals surface area contributed by atoms with Gasteiger partial charge in [0.15, 0.2) is 18.7 Å². The summed E-state index contributed by atoms with van der Waals surface area (Å²) >= 11 is 0. The molecule has 0 aromatic heterocycles. The van der Waals surface area contributed by atoms with Crippen molar-refractivity contribution in [2.24, 2.45) is 0 Å². The van der Waals surface area contributed by atoms with Gasteiger partial charge in [-0.15, -0.1) is 0 Å². The molecule has 0 radical (unpaired) electrons. The average Bonchev–Trinajstić information content (AvgIpc) is 2.54. The summed E-state index contributed by atoms with van der Waals surface area (Å²) in [4.78, 5) is 10.8. The van der Waals surface area contributed by atoms with Crippen molar-refractivity contribution in [1.82, 2.24) is 0 Å². The van der Waals surface area contributed by atoms with Crippen LogP contribution >= 0.6 is 0 Å². The van der Waals surface area contributed by atoms with Gasteiger partial charge in [-0.25, -0.2) is 0 Å². The Morgan fingerprint density at radius 1 is 1.29 bits per heavy atom. The number of rotatable bonds is 3. The monoisotopic (exact) mass is 293 g/mol. The summed E-state index contributed by atoms with van der Waals surface area (Å²) in [6, 6.07) is 9.29. The van der Waals surface area contributed by atoms with Crippen molar-refractivity contribution in [3.63, 3.8) is 0 Å². The molecule has 21 heavy (non-hydrogen) atoms. The summed E-state index contributed by atoms with van der Waals surface area (Å²) in [5, 5.41) is 11.2. The van der Waals surface area contributed by atoms with Gasteiger partial charge < -0.3 is 18.9 Å². The Balaban J connectivity index is 1.84. The van der Waals surface area contributed by atoms with Crippen molar-refractivity contribution in [3.05, 3.63) is 57.8 Å². The van der Waals surface area contributed by atoms with Crippen LogP contribution in [0.4, 0.5) is 0 Å². The molecule has 0 saturated carbocycles. The predicted octanol–water partition coefficient (Wildman–Crippen LogP) is 1.63. The molecule has 1 fully saturated rings. The Labute approximate surface area is 121 Å². The predicted molar refractivity (Wildman–Crippen MR) is 70.8 cm³/mol. The number of hydrogen-bond acceptors (Lipinski definition) is 6. The van der Waals surface area contributed by atoms with Crippen LogP contribution in [-0.4, -0.2) is 37.1 Å². The van der Waals surface area contributed by atoms with Crippen molar-refractivity contribution >= 4 is 0 Å². The van der Waals surface area contributed by atoms with Crippen LogP contribution in [0.2, 0.25) is 0 Å². The lowest BCUT2D eigenvalue weighted by atomic mass is 10.1. The molecule has 1 saturated heterocycles. The van der Waals surface area contributed by atoms with Gasteiger partial charge in [0.25, 0.3) is 5.70 Å². The standard InChI is InChI=1S/C14H15NO6/c1-18-12-7-10(15(16)17)13-11(20-12)8-19-14(21-13)9-5-3-2-4-6-9/h2-7,11-14H,8H2,1H3/t11-,12?,13+,14?/m1/s1. The first-order chi connectivity index (χ1) is 10.2. The largest absolute Gasteiger partial charge is 0.352 e. The van der Waals surface area contributed by atoms with Crippen LogP contribution in [0.25, 0.3) is 0 Å². The molecule has 3 rings (SSSR count). The van der Waals surface area contributed by atoms with Gasteiger partial charge in [-0.1, -0.05) is 30.3 Å². The van der Waals surface area contributed by atoms with Gasteiger partial charge in [0.2, 0.25) is 0 Å². The van der Waals surface area contributed by atoms with E-state index in [9.17, 15) is 10.1 Å². The number of benzene rings is 1. The van der Waals surface area contributed by atoms with Gasteiger partial charge in [0.1, 0.15) is 6.10 Å². The van der Waals surface area contributed by atoms with Crippen LogP contribution in [0.1, 0.15) is 11.9 Å². The highest BCUT2D eigenvalue weighted by Crippen LogP contribution is 2.34. The van der Waals surface area contributed by atoms with Crippen LogP contribution < -0.4 is 0 Å². The third-order valence-corrected chi connectivity index (χ3v) is 3.44. The van der Waals surface area contributed by atoms with Gasteiger partial charge in [-0.2, -0.15) is 0 Å². The highest BCUT2D eigenvalue weighted by molar-refractivity contribution is 5.18.